The third kappa shape index (κ3) is 2.35. The van der Waals surface area contributed by atoms with E-state index >= 15 is 0 Å². The Labute approximate surface area is 122 Å². The van der Waals surface area contributed by atoms with E-state index in [0.29, 0.717) is 0 Å². The SMILES string of the molecule is COC(=O)C(C)(C)C(C)(C)Nc1ncnc2sccc12. The Morgan fingerprint density at radius 2 is 2.00 bits per heavy atom. The first-order valence-electron chi connectivity index (χ1n) is 6.34. The Bertz CT molecular complexity index is 634. The Kier molecular flexibility index (Phi) is 3.69. The Morgan fingerprint density at radius 3 is 2.65 bits per heavy atom. The highest BCUT2D eigenvalue weighted by molar-refractivity contribution is 7.16. The number of aromatic nitrogens is 2. The van der Waals surface area contributed by atoms with Crippen molar-refractivity contribution in [1.29, 1.82) is 0 Å². The monoisotopic (exact) mass is 293 g/mol. The van der Waals surface area contributed by atoms with E-state index < -0.39 is 11.0 Å². The summed E-state index contributed by atoms with van der Waals surface area (Å²) in [5.41, 5.74) is -1.22. The molecule has 2 rings (SSSR count). The van der Waals surface area contributed by atoms with Crippen LogP contribution in [0.25, 0.3) is 10.2 Å². The van der Waals surface area contributed by atoms with Gasteiger partial charge in [-0.1, -0.05) is 0 Å². The molecule has 0 saturated heterocycles. The quantitative estimate of drug-likeness (QED) is 0.878. The van der Waals surface area contributed by atoms with E-state index in [2.05, 4.69) is 15.3 Å². The molecule has 5 nitrogen and oxygen atoms in total. The molecule has 0 fully saturated rings. The van der Waals surface area contributed by atoms with Crippen LogP contribution in [0.5, 0.6) is 0 Å². The molecule has 2 aromatic heterocycles. The van der Waals surface area contributed by atoms with Crippen LogP contribution in [0.15, 0.2) is 17.8 Å². The maximum absolute atomic E-state index is 12.0. The summed E-state index contributed by atoms with van der Waals surface area (Å²) in [5.74, 6) is 0.476. The largest absolute Gasteiger partial charge is 0.469 e. The lowest BCUT2D eigenvalue weighted by molar-refractivity contribution is -0.153. The third-order valence-corrected chi connectivity index (χ3v) is 4.77. The van der Waals surface area contributed by atoms with E-state index in [9.17, 15) is 4.79 Å². The zero-order valence-corrected chi connectivity index (χ0v) is 13.2. The molecule has 0 amide bonds. The minimum atomic E-state index is -0.699. The van der Waals surface area contributed by atoms with Gasteiger partial charge in [0, 0.05) is 5.54 Å². The molecule has 108 valence electrons. The van der Waals surface area contributed by atoms with Crippen LogP contribution >= 0.6 is 11.3 Å². The van der Waals surface area contributed by atoms with Crippen LogP contribution in [0, 0.1) is 5.41 Å². The van der Waals surface area contributed by atoms with Crippen LogP contribution in [-0.2, 0) is 9.53 Å². The summed E-state index contributed by atoms with van der Waals surface area (Å²) in [6.45, 7) is 7.64. The zero-order valence-electron chi connectivity index (χ0n) is 12.4. The van der Waals surface area contributed by atoms with Gasteiger partial charge in [0.05, 0.1) is 17.9 Å². The molecular weight excluding hydrogens is 274 g/mol. The number of esters is 1. The molecule has 2 heterocycles. The summed E-state index contributed by atoms with van der Waals surface area (Å²) in [7, 11) is 1.40. The second kappa shape index (κ2) is 5.01. The average molecular weight is 293 g/mol. The lowest BCUT2D eigenvalue weighted by atomic mass is 9.74. The lowest BCUT2D eigenvalue weighted by Crippen LogP contribution is -2.51. The number of anilines is 1. The molecule has 0 unspecified atom stereocenters. The molecule has 0 atom stereocenters. The van der Waals surface area contributed by atoms with Crippen molar-refractivity contribution in [3.63, 3.8) is 0 Å². The van der Waals surface area contributed by atoms with Crippen LogP contribution < -0.4 is 5.32 Å². The summed E-state index contributed by atoms with van der Waals surface area (Å²) < 4.78 is 4.90. The number of ether oxygens (including phenoxy) is 1. The van der Waals surface area contributed by atoms with Gasteiger partial charge < -0.3 is 10.1 Å². The van der Waals surface area contributed by atoms with Crippen molar-refractivity contribution in [3.8, 4) is 0 Å². The van der Waals surface area contributed by atoms with Gasteiger partial charge in [0.1, 0.15) is 17.0 Å². The van der Waals surface area contributed by atoms with Crippen molar-refractivity contribution in [2.75, 3.05) is 12.4 Å². The van der Waals surface area contributed by atoms with Crippen LogP contribution in [-0.4, -0.2) is 28.6 Å². The van der Waals surface area contributed by atoms with Gasteiger partial charge >= 0.3 is 5.97 Å². The molecule has 0 radical (unpaired) electrons. The van der Waals surface area contributed by atoms with E-state index in [1.165, 1.54) is 13.4 Å². The highest BCUT2D eigenvalue weighted by atomic mass is 32.1. The second-order valence-electron chi connectivity index (χ2n) is 5.73. The maximum atomic E-state index is 12.0. The van der Waals surface area contributed by atoms with Crippen LogP contribution in [0.3, 0.4) is 0 Å². The number of carbonyl (C=O) groups excluding carboxylic acids is 1. The third-order valence-electron chi connectivity index (χ3n) is 3.95. The lowest BCUT2D eigenvalue weighted by Gasteiger charge is -2.40. The van der Waals surface area contributed by atoms with Gasteiger partial charge in [-0.3, -0.25) is 4.79 Å². The predicted octanol–water partition coefficient (Wildman–Crippen LogP) is 3.08. The highest BCUT2D eigenvalue weighted by Crippen LogP contribution is 2.36. The number of rotatable bonds is 4. The Morgan fingerprint density at radius 1 is 1.30 bits per heavy atom. The number of nitrogens with zero attached hydrogens (tertiary/aromatic N) is 2. The van der Waals surface area contributed by atoms with E-state index in [4.69, 9.17) is 4.74 Å². The molecule has 0 aliphatic heterocycles. The summed E-state index contributed by atoms with van der Waals surface area (Å²) in [4.78, 5) is 21.4. The molecule has 0 aliphatic rings. The molecule has 0 bridgehead atoms. The summed E-state index contributed by atoms with van der Waals surface area (Å²) in [6.07, 6.45) is 1.53. The van der Waals surface area contributed by atoms with Crippen molar-refractivity contribution in [1.82, 2.24) is 9.97 Å². The molecular formula is C14H19N3O2S. The smallest absolute Gasteiger partial charge is 0.313 e. The first-order valence-corrected chi connectivity index (χ1v) is 7.22. The molecule has 0 aliphatic carbocycles. The average Bonchev–Trinajstić information content (AvgIpc) is 2.86. The molecule has 1 N–H and O–H groups in total. The molecule has 20 heavy (non-hydrogen) atoms. The fraction of sp³-hybridized carbons (Fsp3) is 0.500. The highest BCUT2D eigenvalue weighted by Gasteiger charge is 2.44. The fourth-order valence-electron chi connectivity index (χ4n) is 1.85. The van der Waals surface area contributed by atoms with E-state index in [1.807, 2.05) is 39.1 Å². The molecule has 0 spiro atoms. The number of hydrogen-bond donors (Lipinski definition) is 1. The van der Waals surface area contributed by atoms with Gasteiger partial charge in [-0.05, 0) is 39.1 Å². The number of methoxy groups -OCH3 is 1. The second-order valence-corrected chi connectivity index (χ2v) is 6.62. The van der Waals surface area contributed by atoms with Crippen LogP contribution in [0.1, 0.15) is 27.7 Å². The van der Waals surface area contributed by atoms with Crippen LogP contribution in [0.4, 0.5) is 5.82 Å². The molecule has 0 aromatic carbocycles. The summed E-state index contributed by atoms with van der Waals surface area (Å²) in [6, 6.07) is 1.98. The fourth-order valence-corrected chi connectivity index (χ4v) is 2.58. The van der Waals surface area contributed by atoms with Gasteiger partial charge in [-0.25, -0.2) is 9.97 Å². The molecule has 2 aromatic rings. The molecule has 0 saturated carbocycles. The maximum Gasteiger partial charge on any atom is 0.313 e. The normalized spacial score (nSPS) is 12.4. The summed E-state index contributed by atoms with van der Waals surface area (Å²) in [5, 5.41) is 6.30. The topological polar surface area (TPSA) is 64.1 Å². The Balaban J connectivity index is 2.37. The number of carbonyl (C=O) groups is 1. The van der Waals surface area contributed by atoms with Crippen molar-refractivity contribution in [2.24, 2.45) is 5.41 Å². The minimum absolute atomic E-state index is 0.259. The standard InChI is InChI=1S/C14H19N3O2S/c1-13(2,12(18)19-5)14(3,4)17-10-9-6-7-20-11(9)16-8-15-10/h6-8H,1-5H3,(H,15,16,17). The number of nitrogens with one attached hydrogen (secondary N) is 1. The van der Waals surface area contributed by atoms with Crippen molar-refractivity contribution < 1.29 is 9.53 Å². The first kappa shape index (κ1) is 14.7. The van der Waals surface area contributed by atoms with Crippen molar-refractivity contribution in [2.45, 2.75) is 33.2 Å². The van der Waals surface area contributed by atoms with Crippen LogP contribution in [0.2, 0.25) is 0 Å². The number of thiophene rings is 1. The van der Waals surface area contributed by atoms with Gasteiger partial charge in [-0.2, -0.15) is 0 Å². The van der Waals surface area contributed by atoms with Gasteiger partial charge in [0.15, 0.2) is 0 Å². The summed E-state index contributed by atoms with van der Waals surface area (Å²) >= 11 is 1.56. The number of hydrogen-bond acceptors (Lipinski definition) is 6. The van der Waals surface area contributed by atoms with Gasteiger partial charge in [0.2, 0.25) is 0 Å². The first-order chi connectivity index (χ1) is 9.29. The van der Waals surface area contributed by atoms with E-state index in [-0.39, 0.29) is 5.97 Å². The minimum Gasteiger partial charge on any atom is -0.469 e. The zero-order chi connectivity index (χ0) is 15.0. The van der Waals surface area contributed by atoms with Crippen molar-refractivity contribution >= 4 is 33.3 Å². The number of fused-ring (bicyclic) bond motifs is 1. The van der Waals surface area contributed by atoms with E-state index in [1.54, 1.807) is 11.3 Å². The van der Waals surface area contributed by atoms with E-state index in [0.717, 1.165) is 16.0 Å². The Hall–Kier alpha value is -1.69. The van der Waals surface area contributed by atoms with Crippen molar-refractivity contribution in [3.05, 3.63) is 17.8 Å². The predicted molar refractivity (Wildman–Crippen MR) is 80.9 cm³/mol. The van der Waals surface area contributed by atoms with Gasteiger partial charge in [-0.15, -0.1) is 11.3 Å². The van der Waals surface area contributed by atoms with Gasteiger partial charge in [0.25, 0.3) is 0 Å². The molecule has 6 heteroatoms.